The Morgan fingerprint density at radius 1 is 1.00 bits per heavy atom. The second-order valence-corrected chi connectivity index (χ2v) is 6.37. The quantitative estimate of drug-likeness (QED) is 0.495. The molecular formula is C5H12N2O6S2. The van der Waals surface area contributed by atoms with Crippen LogP contribution in [0.1, 0.15) is 0 Å². The molecule has 8 nitrogen and oxygen atoms in total. The van der Waals surface area contributed by atoms with Gasteiger partial charge in [-0.1, -0.05) is 0 Å². The molecule has 10 heteroatoms. The fourth-order valence-electron chi connectivity index (χ4n) is 1.42. The zero-order valence-corrected chi connectivity index (χ0v) is 9.33. The third kappa shape index (κ3) is 3.36. The smallest absolute Gasteiger partial charge is 0.298 e. The van der Waals surface area contributed by atoms with Crippen LogP contribution < -0.4 is 5.32 Å². The molecule has 0 aromatic heterocycles. The van der Waals surface area contributed by atoms with E-state index in [9.17, 15) is 16.8 Å². The Bertz CT molecular complexity index is 377. The van der Waals surface area contributed by atoms with Crippen molar-refractivity contribution in [2.75, 3.05) is 26.2 Å². The van der Waals surface area contributed by atoms with Crippen molar-refractivity contribution < 1.29 is 25.9 Å². The van der Waals surface area contributed by atoms with E-state index in [1.165, 1.54) is 0 Å². The lowest BCUT2D eigenvalue weighted by Gasteiger charge is -2.30. The monoisotopic (exact) mass is 260 g/mol. The molecule has 0 unspecified atom stereocenters. The van der Waals surface area contributed by atoms with Crippen LogP contribution in [-0.2, 0) is 20.2 Å². The standard InChI is InChI=1S/C5H12N2O6S2/c8-14(9,10)5(15(11,12)13)7-3-1-6-2-4-7/h5-6H,1-4H2,(H,8,9,10)(H,11,12,13). The van der Waals surface area contributed by atoms with Crippen molar-refractivity contribution in [2.24, 2.45) is 0 Å². The van der Waals surface area contributed by atoms with Gasteiger partial charge in [-0.15, -0.1) is 0 Å². The maximum Gasteiger partial charge on any atom is 0.298 e. The highest BCUT2D eigenvalue weighted by atomic mass is 32.3. The van der Waals surface area contributed by atoms with E-state index in [4.69, 9.17) is 9.11 Å². The van der Waals surface area contributed by atoms with Crippen LogP contribution in [-0.4, -0.2) is 61.7 Å². The van der Waals surface area contributed by atoms with Crippen LogP contribution >= 0.6 is 0 Å². The highest BCUT2D eigenvalue weighted by Crippen LogP contribution is 2.13. The van der Waals surface area contributed by atoms with Gasteiger partial charge in [0.15, 0.2) is 0 Å². The third-order valence-corrected chi connectivity index (χ3v) is 5.03. The van der Waals surface area contributed by atoms with Gasteiger partial charge in [-0.05, 0) is 0 Å². The molecule has 0 atom stereocenters. The third-order valence-electron chi connectivity index (χ3n) is 1.96. The number of rotatable bonds is 3. The molecular weight excluding hydrogens is 248 g/mol. The molecule has 1 aliphatic rings. The predicted octanol–water partition coefficient (Wildman–Crippen LogP) is -2.05. The largest absolute Gasteiger partial charge is 0.314 e. The van der Waals surface area contributed by atoms with E-state index in [1.807, 2.05) is 0 Å². The molecule has 0 saturated carbocycles. The fourth-order valence-corrected chi connectivity index (χ4v) is 3.83. The average molecular weight is 260 g/mol. The first-order valence-electron chi connectivity index (χ1n) is 4.10. The van der Waals surface area contributed by atoms with Crippen LogP contribution in [0.2, 0.25) is 0 Å². The first-order valence-corrected chi connectivity index (χ1v) is 7.11. The van der Waals surface area contributed by atoms with E-state index < -0.39 is 24.9 Å². The van der Waals surface area contributed by atoms with E-state index in [-0.39, 0.29) is 13.1 Å². The molecule has 1 fully saturated rings. The van der Waals surface area contributed by atoms with Gasteiger partial charge in [0.05, 0.1) is 0 Å². The normalized spacial score (nSPS) is 20.7. The van der Waals surface area contributed by atoms with Crippen molar-refractivity contribution in [1.82, 2.24) is 10.2 Å². The van der Waals surface area contributed by atoms with Gasteiger partial charge in [0.25, 0.3) is 24.9 Å². The number of nitrogens with one attached hydrogen (secondary N) is 1. The molecule has 0 spiro atoms. The molecule has 15 heavy (non-hydrogen) atoms. The number of hydrogen-bond acceptors (Lipinski definition) is 6. The molecule has 0 radical (unpaired) electrons. The molecule has 0 aromatic carbocycles. The van der Waals surface area contributed by atoms with Crippen LogP contribution in [0.5, 0.6) is 0 Å². The predicted molar refractivity (Wildman–Crippen MR) is 51.3 cm³/mol. The van der Waals surface area contributed by atoms with Crippen molar-refractivity contribution in [2.45, 2.75) is 4.71 Å². The molecule has 1 saturated heterocycles. The van der Waals surface area contributed by atoms with Gasteiger partial charge in [-0.2, -0.15) is 16.8 Å². The first-order chi connectivity index (χ1) is 6.73. The second kappa shape index (κ2) is 4.31. The fraction of sp³-hybridized carbons (Fsp3) is 1.00. The van der Waals surface area contributed by atoms with Gasteiger partial charge in [-0.3, -0.25) is 14.0 Å². The Kier molecular flexibility index (Phi) is 3.68. The minimum atomic E-state index is -4.86. The number of piperazine rings is 1. The summed E-state index contributed by atoms with van der Waals surface area (Å²) in [5.41, 5.74) is 0. The van der Waals surface area contributed by atoms with E-state index in [0.717, 1.165) is 4.90 Å². The maximum atomic E-state index is 10.8. The Hall–Kier alpha value is -0.260. The molecule has 1 rings (SSSR count). The molecule has 0 aromatic rings. The minimum Gasteiger partial charge on any atom is -0.314 e. The lowest BCUT2D eigenvalue weighted by Crippen LogP contribution is -2.53. The van der Waals surface area contributed by atoms with Crippen molar-refractivity contribution in [3.63, 3.8) is 0 Å². The summed E-state index contributed by atoms with van der Waals surface area (Å²) in [6.07, 6.45) is 0. The maximum absolute atomic E-state index is 10.8. The van der Waals surface area contributed by atoms with E-state index >= 15 is 0 Å². The van der Waals surface area contributed by atoms with Gasteiger partial charge < -0.3 is 5.32 Å². The van der Waals surface area contributed by atoms with Gasteiger partial charge >= 0.3 is 0 Å². The highest BCUT2D eigenvalue weighted by molar-refractivity contribution is 8.03. The zero-order chi connectivity index (χ0) is 11.7. The summed E-state index contributed by atoms with van der Waals surface area (Å²) in [6, 6.07) is 0. The molecule has 0 aliphatic carbocycles. The molecule has 1 heterocycles. The molecule has 0 amide bonds. The Morgan fingerprint density at radius 2 is 1.40 bits per heavy atom. The van der Waals surface area contributed by atoms with E-state index in [1.54, 1.807) is 0 Å². The van der Waals surface area contributed by atoms with E-state index in [0.29, 0.717) is 13.1 Å². The minimum absolute atomic E-state index is 0.115. The summed E-state index contributed by atoms with van der Waals surface area (Å²) in [7, 11) is -9.72. The van der Waals surface area contributed by atoms with Crippen LogP contribution in [0.3, 0.4) is 0 Å². The summed E-state index contributed by atoms with van der Waals surface area (Å²) in [6.45, 7) is 1.01. The van der Waals surface area contributed by atoms with Crippen molar-refractivity contribution >= 4 is 20.2 Å². The van der Waals surface area contributed by atoms with Gasteiger partial charge in [-0.25, -0.2) is 0 Å². The summed E-state index contributed by atoms with van der Waals surface area (Å²) in [5, 5.41) is 2.88. The van der Waals surface area contributed by atoms with Crippen molar-refractivity contribution in [3.8, 4) is 0 Å². The first kappa shape index (κ1) is 12.8. The molecule has 90 valence electrons. The van der Waals surface area contributed by atoms with Gasteiger partial charge in [0.2, 0.25) is 0 Å². The summed E-state index contributed by atoms with van der Waals surface area (Å²) in [4.78, 5) is 0.987. The lowest BCUT2D eigenvalue weighted by molar-refractivity contribution is 0.238. The Labute approximate surface area is 87.8 Å². The number of nitrogens with zero attached hydrogens (tertiary/aromatic N) is 1. The van der Waals surface area contributed by atoms with Crippen molar-refractivity contribution in [1.29, 1.82) is 0 Å². The summed E-state index contributed by atoms with van der Waals surface area (Å²) >= 11 is 0. The topological polar surface area (TPSA) is 124 Å². The van der Waals surface area contributed by atoms with Crippen molar-refractivity contribution in [3.05, 3.63) is 0 Å². The SMILES string of the molecule is O=S(=O)(O)C(N1CCNCC1)S(=O)(=O)O. The van der Waals surface area contributed by atoms with Gasteiger partial charge in [0.1, 0.15) is 0 Å². The van der Waals surface area contributed by atoms with Crippen LogP contribution in [0.25, 0.3) is 0 Å². The lowest BCUT2D eigenvalue weighted by atomic mass is 10.4. The summed E-state index contributed by atoms with van der Waals surface area (Å²) in [5.74, 6) is 0. The van der Waals surface area contributed by atoms with Crippen LogP contribution in [0.15, 0.2) is 0 Å². The van der Waals surface area contributed by atoms with Gasteiger partial charge in [0, 0.05) is 26.2 Å². The summed E-state index contributed by atoms with van der Waals surface area (Å²) < 4.78 is 58.5. The Morgan fingerprint density at radius 3 is 1.73 bits per heavy atom. The van der Waals surface area contributed by atoms with Crippen LogP contribution in [0, 0.1) is 0 Å². The molecule has 3 N–H and O–H groups in total. The van der Waals surface area contributed by atoms with Crippen LogP contribution in [0.4, 0.5) is 0 Å². The second-order valence-electron chi connectivity index (χ2n) is 3.12. The average Bonchev–Trinajstić information content (AvgIpc) is 2.00. The Balaban J connectivity index is 3.01. The molecule has 0 bridgehead atoms. The highest BCUT2D eigenvalue weighted by Gasteiger charge is 2.41. The van der Waals surface area contributed by atoms with E-state index in [2.05, 4.69) is 5.32 Å². The molecule has 1 aliphatic heterocycles. The number of hydrogen-bond donors (Lipinski definition) is 3. The zero-order valence-electron chi connectivity index (χ0n) is 7.70.